The van der Waals surface area contributed by atoms with Crippen molar-refractivity contribution in [2.24, 2.45) is 0 Å². The first-order valence-electron chi connectivity index (χ1n) is 9.52. The lowest BCUT2D eigenvalue weighted by Crippen LogP contribution is -2.39. The molecule has 3 heterocycles. The van der Waals surface area contributed by atoms with E-state index >= 15 is 0 Å². The second kappa shape index (κ2) is 8.38. The van der Waals surface area contributed by atoms with Gasteiger partial charge in [-0.1, -0.05) is 16.5 Å². The van der Waals surface area contributed by atoms with Crippen LogP contribution in [0.5, 0.6) is 0 Å². The van der Waals surface area contributed by atoms with Crippen molar-refractivity contribution in [3.8, 4) is 0 Å². The standard InChI is InChI=1S/C20H24N4O3S/c1-14-12-16-18(13-15(14)2)28-20(22-16)24(19(25)17-4-5-21-27-17)7-3-6-23-8-10-26-11-9-23/h4-5,12-13H,3,6-11H2,1-2H3. The van der Waals surface area contributed by atoms with Crippen LogP contribution in [0.3, 0.4) is 0 Å². The van der Waals surface area contributed by atoms with Crippen LogP contribution in [0.25, 0.3) is 10.2 Å². The molecule has 1 aliphatic heterocycles. The number of amides is 1. The molecule has 0 unspecified atom stereocenters. The van der Waals surface area contributed by atoms with E-state index in [1.54, 1.807) is 11.0 Å². The van der Waals surface area contributed by atoms with Crippen molar-refractivity contribution >= 4 is 32.6 Å². The van der Waals surface area contributed by atoms with Crippen LogP contribution in [0.4, 0.5) is 5.13 Å². The Balaban J connectivity index is 1.56. The molecule has 0 spiro atoms. The van der Waals surface area contributed by atoms with Crippen molar-refractivity contribution in [3.05, 3.63) is 41.3 Å². The molecule has 0 atom stereocenters. The first kappa shape index (κ1) is 19.0. The van der Waals surface area contributed by atoms with Crippen LogP contribution in [0.1, 0.15) is 28.1 Å². The van der Waals surface area contributed by atoms with Gasteiger partial charge in [0.15, 0.2) is 5.13 Å². The maximum atomic E-state index is 13.0. The summed E-state index contributed by atoms with van der Waals surface area (Å²) in [5.74, 6) is 0.0324. The predicted octanol–water partition coefficient (Wildman–Crippen LogP) is 3.27. The minimum absolute atomic E-state index is 0.202. The zero-order valence-electron chi connectivity index (χ0n) is 16.2. The Morgan fingerprint density at radius 3 is 2.79 bits per heavy atom. The number of carbonyl (C=O) groups excluding carboxylic acids is 1. The highest BCUT2D eigenvalue weighted by Crippen LogP contribution is 2.31. The zero-order chi connectivity index (χ0) is 19.5. The molecule has 2 aromatic heterocycles. The molecule has 148 valence electrons. The molecule has 0 saturated carbocycles. The summed E-state index contributed by atoms with van der Waals surface area (Å²) in [6.07, 6.45) is 2.35. The van der Waals surface area contributed by atoms with E-state index in [2.05, 4.69) is 36.0 Å². The molecule has 0 N–H and O–H groups in total. The van der Waals surface area contributed by atoms with E-state index < -0.39 is 0 Å². The number of aryl methyl sites for hydroxylation is 2. The minimum Gasteiger partial charge on any atom is -0.379 e. The van der Waals surface area contributed by atoms with E-state index in [1.807, 2.05) is 0 Å². The number of anilines is 1. The fraction of sp³-hybridized carbons (Fsp3) is 0.450. The summed E-state index contributed by atoms with van der Waals surface area (Å²) < 4.78 is 11.6. The van der Waals surface area contributed by atoms with E-state index in [1.165, 1.54) is 28.7 Å². The molecule has 0 radical (unpaired) electrons. The Bertz CT molecular complexity index is 909. The third kappa shape index (κ3) is 4.09. The molecule has 7 nitrogen and oxygen atoms in total. The Kier molecular flexibility index (Phi) is 5.70. The molecule has 0 bridgehead atoms. The molecule has 1 fully saturated rings. The molecule has 1 amide bonds. The van der Waals surface area contributed by atoms with Crippen LogP contribution < -0.4 is 4.90 Å². The topological polar surface area (TPSA) is 71.7 Å². The van der Waals surface area contributed by atoms with Crippen LogP contribution in [-0.4, -0.2) is 60.3 Å². The van der Waals surface area contributed by atoms with Crippen molar-refractivity contribution in [2.75, 3.05) is 44.3 Å². The van der Waals surface area contributed by atoms with Crippen LogP contribution in [0.2, 0.25) is 0 Å². The third-order valence-corrected chi connectivity index (χ3v) is 6.12. The van der Waals surface area contributed by atoms with Crippen LogP contribution in [0, 0.1) is 13.8 Å². The molecular formula is C20H24N4O3S. The largest absolute Gasteiger partial charge is 0.379 e. The number of aromatic nitrogens is 2. The van der Waals surface area contributed by atoms with Gasteiger partial charge in [0.1, 0.15) is 0 Å². The normalized spacial score (nSPS) is 15.2. The Morgan fingerprint density at radius 1 is 1.25 bits per heavy atom. The quantitative estimate of drug-likeness (QED) is 0.632. The lowest BCUT2D eigenvalue weighted by molar-refractivity contribution is 0.0376. The van der Waals surface area contributed by atoms with Crippen molar-refractivity contribution in [2.45, 2.75) is 20.3 Å². The van der Waals surface area contributed by atoms with Gasteiger partial charge in [0.05, 0.1) is 29.6 Å². The number of benzene rings is 1. The minimum atomic E-state index is -0.202. The lowest BCUT2D eigenvalue weighted by atomic mass is 10.1. The van der Waals surface area contributed by atoms with Crippen LogP contribution in [-0.2, 0) is 4.74 Å². The number of ether oxygens (including phenoxy) is 1. The van der Waals surface area contributed by atoms with Gasteiger partial charge in [-0.3, -0.25) is 14.6 Å². The first-order valence-corrected chi connectivity index (χ1v) is 10.3. The summed E-state index contributed by atoms with van der Waals surface area (Å²) in [6, 6.07) is 5.81. The van der Waals surface area contributed by atoms with E-state index in [9.17, 15) is 4.79 Å². The maximum absolute atomic E-state index is 13.0. The number of hydrogen-bond acceptors (Lipinski definition) is 7. The highest BCUT2D eigenvalue weighted by atomic mass is 32.1. The van der Waals surface area contributed by atoms with Crippen molar-refractivity contribution < 1.29 is 14.1 Å². The van der Waals surface area contributed by atoms with Gasteiger partial charge in [0.2, 0.25) is 5.76 Å². The molecule has 4 rings (SSSR count). The van der Waals surface area contributed by atoms with Gasteiger partial charge in [0, 0.05) is 32.2 Å². The Hall–Kier alpha value is -2.29. The summed E-state index contributed by atoms with van der Waals surface area (Å²) in [5.41, 5.74) is 3.35. The van der Waals surface area contributed by atoms with Gasteiger partial charge in [-0.25, -0.2) is 4.98 Å². The zero-order valence-corrected chi connectivity index (χ0v) is 17.0. The second-order valence-corrected chi connectivity index (χ2v) is 8.05. The number of hydrogen-bond donors (Lipinski definition) is 0. The fourth-order valence-electron chi connectivity index (χ4n) is 3.30. The molecule has 1 aliphatic rings. The number of thiazole rings is 1. The fourth-order valence-corrected chi connectivity index (χ4v) is 4.37. The highest BCUT2D eigenvalue weighted by molar-refractivity contribution is 7.22. The van der Waals surface area contributed by atoms with Gasteiger partial charge in [0.25, 0.3) is 5.91 Å². The van der Waals surface area contributed by atoms with Crippen molar-refractivity contribution in [1.29, 1.82) is 0 Å². The van der Waals surface area contributed by atoms with Gasteiger partial charge in [-0.05, 0) is 43.5 Å². The molecule has 8 heteroatoms. The van der Waals surface area contributed by atoms with Gasteiger partial charge in [-0.2, -0.15) is 0 Å². The number of rotatable bonds is 6. The summed E-state index contributed by atoms with van der Waals surface area (Å²) in [6.45, 7) is 9.10. The second-order valence-electron chi connectivity index (χ2n) is 7.04. The number of carbonyl (C=O) groups is 1. The van der Waals surface area contributed by atoms with Crippen LogP contribution >= 0.6 is 11.3 Å². The molecule has 1 aromatic carbocycles. The maximum Gasteiger partial charge on any atom is 0.298 e. The molecule has 0 aliphatic carbocycles. The number of nitrogens with zero attached hydrogens (tertiary/aromatic N) is 4. The van der Waals surface area contributed by atoms with E-state index in [4.69, 9.17) is 14.2 Å². The average molecular weight is 401 g/mol. The summed E-state index contributed by atoms with van der Waals surface area (Å²) in [4.78, 5) is 21.8. The summed E-state index contributed by atoms with van der Waals surface area (Å²) >= 11 is 1.54. The summed E-state index contributed by atoms with van der Waals surface area (Å²) in [5, 5.41) is 4.37. The molecule has 3 aromatic rings. The van der Waals surface area contributed by atoms with Crippen molar-refractivity contribution in [1.82, 2.24) is 15.0 Å². The Morgan fingerprint density at radius 2 is 2.04 bits per heavy atom. The first-order chi connectivity index (χ1) is 13.6. The average Bonchev–Trinajstić information content (AvgIpc) is 3.36. The molecule has 28 heavy (non-hydrogen) atoms. The smallest absolute Gasteiger partial charge is 0.298 e. The lowest BCUT2D eigenvalue weighted by Gasteiger charge is -2.27. The number of fused-ring (bicyclic) bond motifs is 1. The van der Waals surface area contributed by atoms with Gasteiger partial charge < -0.3 is 9.26 Å². The monoisotopic (exact) mass is 400 g/mol. The van der Waals surface area contributed by atoms with Gasteiger partial charge in [-0.15, -0.1) is 0 Å². The van der Waals surface area contributed by atoms with Crippen LogP contribution in [0.15, 0.2) is 28.9 Å². The van der Waals surface area contributed by atoms with E-state index in [0.29, 0.717) is 11.7 Å². The van der Waals surface area contributed by atoms with Gasteiger partial charge >= 0.3 is 0 Å². The molecule has 1 saturated heterocycles. The molecular weight excluding hydrogens is 376 g/mol. The SMILES string of the molecule is Cc1cc2nc(N(CCCN3CCOCC3)C(=O)c3ccno3)sc2cc1C. The summed E-state index contributed by atoms with van der Waals surface area (Å²) in [7, 11) is 0. The Labute approximate surface area is 167 Å². The van der Waals surface area contributed by atoms with E-state index in [0.717, 1.165) is 49.5 Å². The number of morpholine rings is 1. The van der Waals surface area contributed by atoms with Crippen molar-refractivity contribution in [3.63, 3.8) is 0 Å². The predicted molar refractivity (Wildman–Crippen MR) is 109 cm³/mol. The third-order valence-electron chi connectivity index (χ3n) is 5.08. The van der Waals surface area contributed by atoms with E-state index in [-0.39, 0.29) is 11.7 Å². The highest BCUT2D eigenvalue weighted by Gasteiger charge is 2.24.